The predicted octanol–water partition coefficient (Wildman–Crippen LogP) is 2.62. The quantitative estimate of drug-likeness (QED) is 0.801. The largest absolute Gasteiger partial charge is 0.496 e. The molecule has 0 aliphatic heterocycles. The van der Waals surface area contributed by atoms with Gasteiger partial charge in [0.15, 0.2) is 0 Å². The Morgan fingerprint density at radius 3 is 2.72 bits per heavy atom. The molecule has 0 fully saturated rings. The van der Waals surface area contributed by atoms with Crippen LogP contribution in [0.25, 0.3) is 0 Å². The smallest absolute Gasteiger partial charge is 0.212 e. The Balaban J connectivity index is 2.47. The standard InChI is InChI=1S/C13H13ClN2O2/c1-8-4-5-9(6-11(8)18-3)13(17)12-10(14)7-15-16(12)2/h4-7H,1-3H3. The fraction of sp³-hybridized carbons (Fsp3) is 0.231. The summed E-state index contributed by atoms with van der Waals surface area (Å²) in [5, 5.41) is 4.30. The van der Waals surface area contributed by atoms with Crippen molar-refractivity contribution in [1.82, 2.24) is 9.78 Å². The Morgan fingerprint density at radius 1 is 1.44 bits per heavy atom. The first-order valence-corrected chi connectivity index (χ1v) is 5.79. The number of nitrogens with zero attached hydrogens (tertiary/aromatic N) is 2. The Kier molecular flexibility index (Phi) is 3.39. The molecule has 5 heteroatoms. The maximum absolute atomic E-state index is 12.3. The molecule has 1 aromatic heterocycles. The van der Waals surface area contributed by atoms with Crippen LogP contribution in [0.5, 0.6) is 5.75 Å². The summed E-state index contributed by atoms with van der Waals surface area (Å²) in [5.41, 5.74) is 1.88. The summed E-state index contributed by atoms with van der Waals surface area (Å²) in [7, 11) is 3.26. The van der Waals surface area contributed by atoms with Crippen molar-refractivity contribution in [3.8, 4) is 5.75 Å². The van der Waals surface area contributed by atoms with Crippen LogP contribution in [-0.2, 0) is 7.05 Å². The highest BCUT2D eigenvalue weighted by atomic mass is 35.5. The van der Waals surface area contributed by atoms with E-state index < -0.39 is 0 Å². The molecule has 1 aromatic carbocycles. The van der Waals surface area contributed by atoms with Crippen molar-refractivity contribution >= 4 is 17.4 Å². The van der Waals surface area contributed by atoms with Crippen LogP contribution in [0.3, 0.4) is 0 Å². The van der Waals surface area contributed by atoms with Gasteiger partial charge in [-0.15, -0.1) is 0 Å². The minimum Gasteiger partial charge on any atom is -0.496 e. The molecule has 0 saturated carbocycles. The van der Waals surface area contributed by atoms with Crippen LogP contribution in [0.1, 0.15) is 21.6 Å². The third-order valence-corrected chi connectivity index (χ3v) is 3.06. The van der Waals surface area contributed by atoms with Gasteiger partial charge in [-0.25, -0.2) is 0 Å². The predicted molar refractivity (Wildman–Crippen MR) is 69.4 cm³/mol. The molecule has 94 valence electrons. The van der Waals surface area contributed by atoms with Gasteiger partial charge in [0.2, 0.25) is 5.78 Å². The number of aromatic nitrogens is 2. The normalized spacial score (nSPS) is 10.4. The summed E-state index contributed by atoms with van der Waals surface area (Å²) in [6, 6.07) is 5.31. The fourth-order valence-corrected chi connectivity index (χ4v) is 2.02. The second-order valence-corrected chi connectivity index (χ2v) is 4.39. The molecule has 0 bridgehead atoms. The fourth-order valence-electron chi connectivity index (χ4n) is 1.76. The topological polar surface area (TPSA) is 44.1 Å². The third-order valence-electron chi connectivity index (χ3n) is 2.78. The lowest BCUT2D eigenvalue weighted by molar-refractivity contribution is 0.103. The van der Waals surface area contributed by atoms with E-state index in [0.29, 0.717) is 22.0 Å². The highest BCUT2D eigenvalue weighted by Gasteiger charge is 2.18. The van der Waals surface area contributed by atoms with Crippen molar-refractivity contribution in [1.29, 1.82) is 0 Å². The van der Waals surface area contributed by atoms with Crippen molar-refractivity contribution in [3.05, 3.63) is 46.2 Å². The lowest BCUT2D eigenvalue weighted by Gasteiger charge is -2.07. The molecule has 0 N–H and O–H groups in total. The summed E-state index contributed by atoms with van der Waals surface area (Å²) in [5.74, 6) is 0.512. The van der Waals surface area contributed by atoms with Gasteiger partial charge in [-0.2, -0.15) is 5.10 Å². The SMILES string of the molecule is COc1cc(C(=O)c2c(Cl)cnn2C)ccc1C. The van der Waals surface area contributed by atoms with Crippen LogP contribution in [-0.4, -0.2) is 22.7 Å². The first-order valence-electron chi connectivity index (χ1n) is 5.41. The Bertz CT molecular complexity index is 586. The Labute approximate surface area is 110 Å². The first-order chi connectivity index (χ1) is 8.54. The van der Waals surface area contributed by atoms with E-state index in [-0.39, 0.29) is 5.78 Å². The molecular weight excluding hydrogens is 252 g/mol. The zero-order chi connectivity index (χ0) is 13.3. The molecule has 0 saturated heterocycles. The maximum Gasteiger partial charge on any atom is 0.212 e. The number of ether oxygens (including phenoxy) is 1. The molecule has 2 rings (SSSR count). The summed E-state index contributed by atoms with van der Waals surface area (Å²) in [4.78, 5) is 12.3. The van der Waals surface area contributed by atoms with Gasteiger partial charge in [0.25, 0.3) is 0 Å². The third kappa shape index (κ3) is 2.11. The maximum atomic E-state index is 12.3. The van der Waals surface area contributed by atoms with Crippen LogP contribution in [0, 0.1) is 6.92 Å². The monoisotopic (exact) mass is 264 g/mol. The lowest BCUT2D eigenvalue weighted by Crippen LogP contribution is -2.09. The van der Waals surface area contributed by atoms with E-state index in [4.69, 9.17) is 16.3 Å². The number of methoxy groups -OCH3 is 1. The van der Waals surface area contributed by atoms with E-state index in [2.05, 4.69) is 5.10 Å². The van der Waals surface area contributed by atoms with Gasteiger partial charge < -0.3 is 4.74 Å². The second-order valence-electron chi connectivity index (χ2n) is 3.98. The number of aryl methyl sites for hydroxylation is 2. The number of carbonyl (C=O) groups is 1. The summed E-state index contributed by atoms with van der Waals surface area (Å²) < 4.78 is 6.68. The van der Waals surface area contributed by atoms with Crippen LogP contribution >= 0.6 is 11.6 Å². The van der Waals surface area contributed by atoms with Crippen LogP contribution in [0.2, 0.25) is 5.02 Å². The first kappa shape index (κ1) is 12.6. The number of rotatable bonds is 3. The molecule has 0 unspecified atom stereocenters. The van der Waals surface area contributed by atoms with E-state index in [1.54, 1.807) is 26.3 Å². The van der Waals surface area contributed by atoms with Crippen LogP contribution in [0.15, 0.2) is 24.4 Å². The molecule has 0 aliphatic rings. The van der Waals surface area contributed by atoms with E-state index >= 15 is 0 Å². The number of halogens is 1. The van der Waals surface area contributed by atoms with Gasteiger partial charge in [-0.05, 0) is 18.6 Å². The molecule has 0 atom stereocenters. The minimum atomic E-state index is -0.168. The number of carbonyl (C=O) groups excluding carboxylic acids is 1. The molecule has 1 heterocycles. The van der Waals surface area contributed by atoms with Gasteiger partial charge in [-0.3, -0.25) is 9.48 Å². The molecule has 0 spiro atoms. The van der Waals surface area contributed by atoms with Crippen molar-refractivity contribution in [2.45, 2.75) is 6.92 Å². The highest BCUT2D eigenvalue weighted by Crippen LogP contribution is 2.23. The lowest BCUT2D eigenvalue weighted by atomic mass is 10.1. The summed E-state index contributed by atoms with van der Waals surface area (Å²) in [6.45, 7) is 1.92. The van der Waals surface area contributed by atoms with E-state index in [0.717, 1.165) is 5.56 Å². The van der Waals surface area contributed by atoms with Gasteiger partial charge in [0.05, 0.1) is 18.3 Å². The molecule has 0 aliphatic carbocycles. The number of benzene rings is 1. The summed E-state index contributed by atoms with van der Waals surface area (Å²) in [6.07, 6.45) is 1.46. The average molecular weight is 265 g/mol. The minimum absolute atomic E-state index is 0.168. The zero-order valence-corrected chi connectivity index (χ0v) is 11.2. The van der Waals surface area contributed by atoms with Crippen LogP contribution in [0.4, 0.5) is 0 Å². The van der Waals surface area contributed by atoms with Gasteiger partial charge in [0, 0.05) is 12.6 Å². The highest BCUT2D eigenvalue weighted by molar-refractivity contribution is 6.34. The van der Waals surface area contributed by atoms with E-state index in [1.165, 1.54) is 10.9 Å². The van der Waals surface area contributed by atoms with Gasteiger partial charge >= 0.3 is 0 Å². The molecule has 2 aromatic rings. The van der Waals surface area contributed by atoms with Crippen molar-refractivity contribution in [2.75, 3.05) is 7.11 Å². The molecule has 0 radical (unpaired) electrons. The Morgan fingerprint density at radius 2 is 2.17 bits per heavy atom. The van der Waals surface area contributed by atoms with Gasteiger partial charge in [0.1, 0.15) is 11.4 Å². The zero-order valence-electron chi connectivity index (χ0n) is 10.4. The van der Waals surface area contributed by atoms with E-state index in [1.807, 2.05) is 13.0 Å². The second kappa shape index (κ2) is 4.82. The average Bonchev–Trinajstić information content (AvgIpc) is 2.69. The molecular formula is C13H13ClN2O2. The van der Waals surface area contributed by atoms with Crippen molar-refractivity contribution in [2.24, 2.45) is 7.05 Å². The summed E-state index contributed by atoms with van der Waals surface area (Å²) >= 11 is 5.96. The molecule has 4 nitrogen and oxygen atoms in total. The molecule has 0 amide bonds. The number of hydrogen-bond donors (Lipinski definition) is 0. The van der Waals surface area contributed by atoms with Gasteiger partial charge in [-0.1, -0.05) is 23.7 Å². The van der Waals surface area contributed by atoms with Crippen LogP contribution < -0.4 is 4.74 Å². The molecule has 18 heavy (non-hydrogen) atoms. The number of hydrogen-bond acceptors (Lipinski definition) is 3. The Hall–Kier alpha value is -1.81. The van der Waals surface area contributed by atoms with E-state index in [9.17, 15) is 4.79 Å². The number of ketones is 1. The van der Waals surface area contributed by atoms with Crippen molar-refractivity contribution < 1.29 is 9.53 Å². The van der Waals surface area contributed by atoms with Crippen molar-refractivity contribution in [3.63, 3.8) is 0 Å².